The molecule has 32 heavy (non-hydrogen) atoms. The fraction of sp³-hybridized carbons (Fsp3) is 0.111. The van der Waals surface area contributed by atoms with Gasteiger partial charge in [0.25, 0.3) is 5.91 Å². The van der Waals surface area contributed by atoms with Gasteiger partial charge in [-0.1, -0.05) is 54.6 Å². The number of carbonyl (C=O) groups is 2. The topological polar surface area (TPSA) is 77.8 Å². The van der Waals surface area contributed by atoms with Crippen LogP contribution in [-0.2, 0) is 10.2 Å². The SMILES string of the molecule is Cc1cccc2c(C3(c4c[nH]c5c(C)cccc45)C(=O)NC(=O)c4ccccc43)c[nH]c12. The molecule has 0 aliphatic carbocycles. The third kappa shape index (κ3) is 2.22. The first kappa shape index (κ1) is 18.6. The van der Waals surface area contributed by atoms with Crippen molar-refractivity contribution < 1.29 is 9.59 Å². The normalized spacial score (nSPS) is 15.2. The molecule has 1 aliphatic heterocycles. The monoisotopic (exact) mass is 419 g/mol. The first-order chi connectivity index (χ1) is 15.5. The number of aryl methyl sites for hydroxylation is 2. The number of nitrogens with one attached hydrogen (secondary N) is 3. The predicted molar refractivity (Wildman–Crippen MR) is 125 cm³/mol. The van der Waals surface area contributed by atoms with Gasteiger partial charge in [-0.3, -0.25) is 14.9 Å². The number of imide groups is 1. The molecule has 6 rings (SSSR count). The number of H-pyrrole nitrogens is 2. The van der Waals surface area contributed by atoms with Crippen molar-refractivity contribution >= 4 is 33.6 Å². The highest BCUT2D eigenvalue weighted by Gasteiger charge is 2.51. The Bertz CT molecular complexity index is 1490. The van der Waals surface area contributed by atoms with Gasteiger partial charge in [-0.15, -0.1) is 0 Å². The summed E-state index contributed by atoms with van der Waals surface area (Å²) in [7, 11) is 0. The largest absolute Gasteiger partial charge is 0.361 e. The lowest BCUT2D eigenvalue weighted by Gasteiger charge is -2.37. The fourth-order valence-corrected chi connectivity index (χ4v) is 5.31. The number of carbonyl (C=O) groups excluding carboxylic acids is 2. The molecule has 0 saturated heterocycles. The van der Waals surface area contributed by atoms with E-state index < -0.39 is 5.41 Å². The Morgan fingerprint density at radius 2 is 1.22 bits per heavy atom. The van der Waals surface area contributed by atoms with E-state index in [1.807, 2.05) is 80.8 Å². The molecular weight excluding hydrogens is 398 g/mol. The van der Waals surface area contributed by atoms with Gasteiger partial charge in [0.2, 0.25) is 5.91 Å². The summed E-state index contributed by atoms with van der Waals surface area (Å²) >= 11 is 0. The quantitative estimate of drug-likeness (QED) is 0.357. The van der Waals surface area contributed by atoms with Crippen LogP contribution in [0.25, 0.3) is 21.8 Å². The Hall–Kier alpha value is -4.12. The van der Waals surface area contributed by atoms with E-state index in [2.05, 4.69) is 15.3 Å². The molecule has 0 spiro atoms. The zero-order valence-corrected chi connectivity index (χ0v) is 17.7. The highest BCUT2D eigenvalue weighted by atomic mass is 16.2. The van der Waals surface area contributed by atoms with Gasteiger partial charge in [-0.2, -0.15) is 0 Å². The molecule has 0 saturated carbocycles. The van der Waals surface area contributed by atoms with Crippen LogP contribution in [0.3, 0.4) is 0 Å². The van der Waals surface area contributed by atoms with Gasteiger partial charge in [0, 0.05) is 50.9 Å². The van der Waals surface area contributed by atoms with Crippen molar-refractivity contribution in [1.29, 1.82) is 0 Å². The Kier molecular flexibility index (Phi) is 3.75. The van der Waals surface area contributed by atoms with E-state index >= 15 is 0 Å². The van der Waals surface area contributed by atoms with Crippen LogP contribution in [0.15, 0.2) is 73.1 Å². The van der Waals surface area contributed by atoms with Gasteiger partial charge in [0.15, 0.2) is 0 Å². The summed E-state index contributed by atoms with van der Waals surface area (Å²) in [6, 6.07) is 19.6. The predicted octanol–water partition coefficient (Wildman–Crippen LogP) is 4.87. The summed E-state index contributed by atoms with van der Waals surface area (Å²) in [6.45, 7) is 4.09. The number of para-hydroxylation sites is 2. The molecule has 5 heteroatoms. The van der Waals surface area contributed by atoms with Crippen LogP contribution in [0.1, 0.15) is 38.2 Å². The summed E-state index contributed by atoms with van der Waals surface area (Å²) in [5.41, 5.74) is 5.84. The number of aromatic amines is 2. The van der Waals surface area contributed by atoms with Gasteiger partial charge in [0.1, 0.15) is 5.41 Å². The number of aromatic nitrogens is 2. The Labute approximate surface area is 184 Å². The van der Waals surface area contributed by atoms with Crippen molar-refractivity contribution in [3.63, 3.8) is 0 Å². The second-order valence-corrected chi connectivity index (χ2v) is 8.48. The molecule has 2 aromatic heterocycles. The van der Waals surface area contributed by atoms with E-state index in [4.69, 9.17) is 0 Å². The number of hydrogen-bond acceptors (Lipinski definition) is 2. The van der Waals surface area contributed by atoms with E-state index in [9.17, 15) is 9.59 Å². The zero-order chi connectivity index (χ0) is 22.0. The molecule has 0 fully saturated rings. The number of fused-ring (bicyclic) bond motifs is 3. The summed E-state index contributed by atoms with van der Waals surface area (Å²) in [6.07, 6.45) is 3.83. The number of hydrogen-bond donors (Lipinski definition) is 3. The zero-order valence-electron chi connectivity index (χ0n) is 17.7. The van der Waals surface area contributed by atoms with Crippen molar-refractivity contribution in [2.45, 2.75) is 19.3 Å². The first-order valence-electron chi connectivity index (χ1n) is 10.6. The van der Waals surface area contributed by atoms with Crippen LogP contribution in [-0.4, -0.2) is 21.8 Å². The van der Waals surface area contributed by atoms with Crippen molar-refractivity contribution in [3.05, 3.63) is 106 Å². The molecule has 0 unspecified atom stereocenters. The lowest BCUT2D eigenvalue weighted by atomic mass is 9.65. The van der Waals surface area contributed by atoms with Gasteiger partial charge >= 0.3 is 0 Å². The summed E-state index contributed by atoms with van der Waals surface area (Å²) in [4.78, 5) is 33.6. The third-order valence-electron chi connectivity index (χ3n) is 6.80. The molecule has 1 aliphatic rings. The lowest BCUT2D eigenvalue weighted by molar-refractivity contribution is -0.123. The lowest BCUT2D eigenvalue weighted by Crippen LogP contribution is -2.53. The maximum absolute atomic E-state index is 14.0. The molecule has 0 bridgehead atoms. The van der Waals surface area contributed by atoms with E-state index in [0.29, 0.717) is 11.1 Å². The highest BCUT2D eigenvalue weighted by Crippen LogP contribution is 2.48. The Morgan fingerprint density at radius 3 is 1.81 bits per heavy atom. The smallest absolute Gasteiger partial charge is 0.258 e. The summed E-state index contributed by atoms with van der Waals surface area (Å²) in [5, 5.41) is 4.58. The van der Waals surface area contributed by atoms with Crippen LogP contribution in [0.5, 0.6) is 0 Å². The molecule has 3 aromatic carbocycles. The number of rotatable bonds is 2. The van der Waals surface area contributed by atoms with Crippen LogP contribution in [0.2, 0.25) is 0 Å². The van der Waals surface area contributed by atoms with Crippen molar-refractivity contribution in [2.24, 2.45) is 0 Å². The molecule has 2 amide bonds. The Balaban J connectivity index is 1.83. The van der Waals surface area contributed by atoms with Gasteiger partial charge in [-0.05, 0) is 36.6 Å². The minimum Gasteiger partial charge on any atom is -0.361 e. The van der Waals surface area contributed by atoms with Gasteiger partial charge in [-0.25, -0.2) is 0 Å². The van der Waals surface area contributed by atoms with Crippen LogP contribution >= 0.6 is 0 Å². The van der Waals surface area contributed by atoms with E-state index in [1.165, 1.54) is 0 Å². The van der Waals surface area contributed by atoms with E-state index in [1.54, 1.807) is 6.07 Å². The van der Waals surface area contributed by atoms with E-state index in [-0.39, 0.29) is 11.8 Å². The third-order valence-corrected chi connectivity index (χ3v) is 6.80. The molecule has 3 heterocycles. The summed E-state index contributed by atoms with van der Waals surface area (Å²) in [5.74, 6) is -0.709. The van der Waals surface area contributed by atoms with Gasteiger partial charge in [0.05, 0.1) is 0 Å². The molecule has 156 valence electrons. The van der Waals surface area contributed by atoms with Crippen LogP contribution in [0.4, 0.5) is 0 Å². The number of amides is 2. The maximum Gasteiger partial charge on any atom is 0.258 e. The molecule has 5 nitrogen and oxygen atoms in total. The fourth-order valence-electron chi connectivity index (χ4n) is 5.31. The van der Waals surface area contributed by atoms with Crippen molar-refractivity contribution in [3.8, 4) is 0 Å². The maximum atomic E-state index is 14.0. The molecule has 0 atom stereocenters. The summed E-state index contributed by atoms with van der Waals surface area (Å²) < 4.78 is 0. The molecule has 5 aromatic rings. The van der Waals surface area contributed by atoms with Crippen molar-refractivity contribution in [2.75, 3.05) is 0 Å². The average Bonchev–Trinajstić information content (AvgIpc) is 3.42. The number of benzene rings is 3. The minimum atomic E-state index is -1.19. The molecule has 3 N–H and O–H groups in total. The van der Waals surface area contributed by atoms with Crippen molar-refractivity contribution in [1.82, 2.24) is 15.3 Å². The van der Waals surface area contributed by atoms with Crippen LogP contribution < -0.4 is 5.32 Å². The second kappa shape index (κ2) is 6.44. The first-order valence-corrected chi connectivity index (χ1v) is 10.6. The van der Waals surface area contributed by atoms with Gasteiger partial charge < -0.3 is 9.97 Å². The average molecular weight is 419 g/mol. The Morgan fingerprint density at radius 1 is 0.656 bits per heavy atom. The highest BCUT2D eigenvalue weighted by molar-refractivity contribution is 6.18. The molecular formula is C27H21N3O2. The standard InChI is InChI=1S/C27H21N3O2/c1-15-7-5-10-17-21(13-28-23(15)17)27(22-14-29-24-16(2)8-6-11-18(22)24)20-12-4-3-9-19(20)25(31)30-26(27)32/h3-14,28-29H,1-2H3,(H,30,31,32). The van der Waals surface area contributed by atoms with E-state index in [0.717, 1.165) is 44.1 Å². The minimum absolute atomic E-state index is 0.342. The molecule has 0 radical (unpaired) electrons. The van der Waals surface area contributed by atoms with Crippen LogP contribution in [0, 0.1) is 13.8 Å². The second-order valence-electron chi connectivity index (χ2n) is 8.48.